The fourth-order valence-corrected chi connectivity index (χ4v) is 1.61. The molecule has 2 nitrogen and oxygen atoms in total. The molecule has 0 radical (unpaired) electrons. The minimum atomic E-state index is -0.182. The van der Waals surface area contributed by atoms with Gasteiger partial charge in [0.05, 0.1) is 0 Å². The predicted octanol–water partition coefficient (Wildman–Crippen LogP) is 2.88. The summed E-state index contributed by atoms with van der Waals surface area (Å²) < 4.78 is 0. The Bertz CT molecular complexity index is 231. The average molecular weight is 155 g/mol. The van der Waals surface area contributed by atoms with Crippen LogP contribution in [0.4, 0.5) is 0 Å². The topological polar surface area (TPSA) is 29.4 Å². The molecule has 0 aromatic carbocycles. The lowest BCUT2D eigenvalue weighted by Gasteiger charge is -1.93. The third-order valence-corrected chi connectivity index (χ3v) is 2.54. The van der Waals surface area contributed by atoms with E-state index < -0.39 is 0 Å². The first kappa shape index (κ1) is 7.41. The number of nitrogens with zero attached hydrogens (tertiary/aromatic N) is 1. The van der Waals surface area contributed by atoms with Gasteiger partial charge >= 0.3 is 0 Å². The monoisotopic (exact) mass is 155 g/mol. The highest BCUT2D eigenvalue weighted by Crippen LogP contribution is 2.23. The Morgan fingerprint density at radius 2 is 2.40 bits per heavy atom. The standard InChI is InChI=1S/C7H9NOS/c1-5-3-7(10-4-5)6(2)8-9/h3-4,6H,1-2H3. The van der Waals surface area contributed by atoms with Gasteiger partial charge in [-0.15, -0.1) is 11.3 Å². The maximum atomic E-state index is 10.1. The fourth-order valence-electron chi connectivity index (χ4n) is 0.724. The molecule has 1 atom stereocenters. The second-order valence-corrected chi connectivity index (χ2v) is 3.25. The smallest absolute Gasteiger partial charge is 0.123 e. The van der Waals surface area contributed by atoms with Crippen LogP contribution in [0.2, 0.25) is 0 Å². The first-order chi connectivity index (χ1) is 4.74. The van der Waals surface area contributed by atoms with Crippen LogP contribution in [-0.2, 0) is 0 Å². The average Bonchev–Trinajstić information content (AvgIpc) is 2.34. The maximum Gasteiger partial charge on any atom is 0.123 e. The van der Waals surface area contributed by atoms with Crippen molar-refractivity contribution < 1.29 is 0 Å². The van der Waals surface area contributed by atoms with Crippen molar-refractivity contribution in [1.82, 2.24) is 0 Å². The lowest BCUT2D eigenvalue weighted by atomic mass is 10.2. The summed E-state index contributed by atoms with van der Waals surface area (Å²) in [7, 11) is 0. The van der Waals surface area contributed by atoms with Gasteiger partial charge < -0.3 is 0 Å². The molecule has 0 aliphatic carbocycles. The third-order valence-electron chi connectivity index (χ3n) is 1.32. The predicted molar refractivity (Wildman–Crippen MR) is 43.3 cm³/mol. The van der Waals surface area contributed by atoms with Crippen LogP contribution in [0, 0.1) is 11.8 Å². The minimum absolute atomic E-state index is 0.182. The fraction of sp³-hybridized carbons (Fsp3) is 0.429. The molecular formula is C7H9NOS. The summed E-state index contributed by atoms with van der Waals surface area (Å²) in [5.41, 5.74) is 1.20. The zero-order valence-corrected chi connectivity index (χ0v) is 6.81. The second-order valence-electron chi connectivity index (χ2n) is 2.31. The van der Waals surface area contributed by atoms with Gasteiger partial charge in [0, 0.05) is 4.88 Å². The van der Waals surface area contributed by atoms with Gasteiger partial charge in [-0.2, -0.15) is 4.91 Å². The Balaban J connectivity index is 2.84. The van der Waals surface area contributed by atoms with Gasteiger partial charge in [-0.25, -0.2) is 0 Å². The van der Waals surface area contributed by atoms with E-state index in [0.29, 0.717) is 0 Å². The number of nitroso groups, excluding NO2 is 1. The number of hydrogen-bond acceptors (Lipinski definition) is 3. The number of thiophene rings is 1. The third kappa shape index (κ3) is 1.42. The summed E-state index contributed by atoms with van der Waals surface area (Å²) in [6.45, 7) is 3.82. The van der Waals surface area contributed by atoms with Gasteiger partial charge in [-0.3, -0.25) is 0 Å². The summed E-state index contributed by atoms with van der Waals surface area (Å²) in [5.74, 6) is 0. The molecule has 1 aromatic rings. The Kier molecular flexibility index (Phi) is 2.17. The zero-order chi connectivity index (χ0) is 7.56. The van der Waals surface area contributed by atoms with Gasteiger partial charge in [0.15, 0.2) is 0 Å². The van der Waals surface area contributed by atoms with Crippen molar-refractivity contribution in [3.05, 3.63) is 26.8 Å². The van der Waals surface area contributed by atoms with Crippen molar-refractivity contribution in [2.45, 2.75) is 19.9 Å². The van der Waals surface area contributed by atoms with Crippen molar-refractivity contribution in [2.24, 2.45) is 5.18 Å². The van der Waals surface area contributed by atoms with E-state index in [1.807, 2.05) is 18.4 Å². The lowest BCUT2D eigenvalue weighted by Crippen LogP contribution is -1.80. The lowest BCUT2D eigenvalue weighted by molar-refractivity contribution is 0.830. The van der Waals surface area contributed by atoms with Crippen molar-refractivity contribution in [3.8, 4) is 0 Å². The van der Waals surface area contributed by atoms with Crippen LogP contribution < -0.4 is 0 Å². The maximum absolute atomic E-state index is 10.1. The van der Waals surface area contributed by atoms with Gasteiger partial charge in [-0.05, 0) is 30.9 Å². The van der Waals surface area contributed by atoms with E-state index in [0.717, 1.165) is 4.88 Å². The molecule has 54 valence electrons. The molecule has 0 bridgehead atoms. The summed E-state index contributed by atoms with van der Waals surface area (Å²) in [6.07, 6.45) is 0. The van der Waals surface area contributed by atoms with Crippen LogP contribution in [0.15, 0.2) is 16.6 Å². The van der Waals surface area contributed by atoms with Crippen LogP contribution >= 0.6 is 11.3 Å². The van der Waals surface area contributed by atoms with Crippen LogP contribution in [-0.4, -0.2) is 0 Å². The molecule has 0 amide bonds. The molecule has 0 aliphatic rings. The van der Waals surface area contributed by atoms with Gasteiger partial charge in [-0.1, -0.05) is 5.18 Å². The van der Waals surface area contributed by atoms with Crippen molar-refractivity contribution in [1.29, 1.82) is 0 Å². The van der Waals surface area contributed by atoms with Crippen molar-refractivity contribution in [3.63, 3.8) is 0 Å². The molecule has 0 fully saturated rings. The van der Waals surface area contributed by atoms with Gasteiger partial charge in [0.2, 0.25) is 0 Å². The number of aryl methyl sites for hydroxylation is 1. The largest absolute Gasteiger partial charge is 0.150 e. The van der Waals surface area contributed by atoms with E-state index in [9.17, 15) is 4.91 Å². The first-order valence-electron chi connectivity index (χ1n) is 3.11. The summed E-state index contributed by atoms with van der Waals surface area (Å²) in [5, 5.41) is 4.96. The molecule has 3 heteroatoms. The van der Waals surface area contributed by atoms with Gasteiger partial charge in [0.1, 0.15) is 6.04 Å². The van der Waals surface area contributed by atoms with Crippen LogP contribution in [0.5, 0.6) is 0 Å². The molecule has 0 aliphatic heterocycles. The molecule has 0 N–H and O–H groups in total. The molecule has 1 aromatic heterocycles. The molecule has 1 rings (SSSR count). The first-order valence-corrected chi connectivity index (χ1v) is 3.99. The Morgan fingerprint density at radius 1 is 1.70 bits per heavy atom. The highest BCUT2D eigenvalue weighted by molar-refractivity contribution is 7.10. The molecule has 0 saturated carbocycles. The second kappa shape index (κ2) is 2.92. The van der Waals surface area contributed by atoms with Crippen LogP contribution in [0.3, 0.4) is 0 Å². The molecule has 0 saturated heterocycles. The van der Waals surface area contributed by atoms with E-state index in [-0.39, 0.29) is 6.04 Å². The zero-order valence-electron chi connectivity index (χ0n) is 6.00. The van der Waals surface area contributed by atoms with Crippen LogP contribution in [0.1, 0.15) is 23.4 Å². The number of hydrogen-bond donors (Lipinski definition) is 0. The van der Waals surface area contributed by atoms with Crippen molar-refractivity contribution in [2.75, 3.05) is 0 Å². The van der Waals surface area contributed by atoms with Crippen molar-refractivity contribution >= 4 is 11.3 Å². The van der Waals surface area contributed by atoms with E-state index in [4.69, 9.17) is 0 Å². The number of rotatable bonds is 2. The quantitative estimate of drug-likeness (QED) is 0.604. The molecule has 0 spiro atoms. The normalized spacial score (nSPS) is 13.0. The molecule has 1 unspecified atom stereocenters. The van der Waals surface area contributed by atoms with Crippen LogP contribution in [0.25, 0.3) is 0 Å². The van der Waals surface area contributed by atoms with E-state index >= 15 is 0 Å². The summed E-state index contributed by atoms with van der Waals surface area (Å²) >= 11 is 1.59. The molecule has 10 heavy (non-hydrogen) atoms. The summed E-state index contributed by atoms with van der Waals surface area (Å²) in [6, 6.07) is 1.82. The highest BCUT2D eigenvalue weighted by Gasteiger charge is 2.05. The highest BCUT2D eigenvalue weighted by atomic mass is 32.1. The van der Waals surface area contributed by atoms with Gasteiger partial charge in [0.25, 0.3) is 0 Å². The molecular weight excluding hydrogens is 146 g/mol. The Hall–Kier alpha value is -0.700. The van der Waals surface area contributed by atoms with E-state index in [2.05, 4.69) is 5.18 Å². The molecule has 1 heterocycles. The van der Waals surface area contributed by atoms with E-state index in [1.54, 1.807) is 18.3 Å². The summed E-state index contributed by atoms with van der Waals surface area (Å²) in [4.78, 5) is 11.1. The SMILES string of the molecule is Cc1csc(C(C)N=O)c1. The Morgan fingerprint density at radius 3 is 2.80 bits per heavy atom. The Labute approximate surface area is 63.9 Å². The minimum Gasteiger partial charge on any atom is -0.150 e. The van der Waals surface area contributed by atoms with E-state index in [1.165, 1.54) is 5.56 Å².